The molecule has 0 radical (unpaired) electrons. The molecular formula is C29H27FO6. The molecule has 6 nitrogen and oxygen atoms in total. The Morgan fingerprint density at radius 3 is 2.03 bits per heavy atom. The first-order valence-corrected chi connectivity index (χ1v) is 11.1. The highest BCUT2D eigenvalue weighted by Gasteiger charge is 2.14. The third kappa shape index (κ3) is 6.60. The Morgan fingerprint density at radius 1 is 0.778 bits per heavy atom. The summed E-state index contributed by atoms with van der Waals surface area (Å²) in [6, 6.07) is 16.9. The van der Waals surface area contributed by atoms with Gasteiger partial charge in [0, 0.05) is 16.7 Å². The predicted molar refractivity (Wildman–Crippen MR) is 136 cm³/mol. The highest BCUT2D eigenvalue weighted by Crippen LogP contribution is 2.35. The van der Waals surface area contributed by atoms with E-state index in [4.69, 9.17) is 18.9 Å². The van der Waals surface area contributed by atoms with E-state index in [-0.39, 0.29) is 24.5 Å². The predicted octanol–water partition coefficient (Wildman–Crippen LogP) is 6.15. The van der Waals surface area contributed by atoms with Gasteiger partial charge in [-0.05, 0) is 60.9 Å². The van der Waals surface area contributed by atoms with Crippen molar-refractivity contribution in [3.05, 3.63) is 90.8 Å². The van der Waals surface area contributed by atoms with Gasteiger partial charge in [0.15, 0.2) is 11.5 Å². The van der Waals surface area contributed by atoms with Crippen molar-refractivity contribution in [1.29, 1.82) is 0 Å². The van der Waals surface area contributed by atoms with Crippen molar-refractivity contribution < 1.29 is 32.9 Å². The molecule has 0 saturated heterocycles. The van der Waals surface area contributed by atoms with Gasteiger partial charge in [-0.3, -0.25) is 0 Å². The van der Waals surface area contributed by atoms with E-state index in [0.717, 1.165) is 5.56 Å². The van der Waals surface area contributed by atoms with Crippen LogP contribution in [0.5, 0.6) is 17.2 Å². The summed E-state index contributed by atoms with van der Waals surface area (Å²) in [4.78, 5) is 23.2. The molecule has 0 aliphatic carbocycles. The van der Waals surface area contributed by atoms with Gasteiger partial charge in [-0.1, -0.05) is 43.5 Å². The summed E-state index contributed by atoms with van der Waals surface area (Å²) in [5.41, 5.74) is 3.03. The molecule has 0 saturated carbocycles. The summed E-state index contributed by atoms with van der Waals surface area (Å²) in [7, 11) is 1.44. The molecule has 0 spiro atoms. The van der Waals surface area contributed by atoms with Crippen LogP contribution in [0.3, 0.4) is 0 Å². The number of carbonyl (C=O) groups is 2. The summed E-state index contributed by atoms with van der Waals surface area (Å²) in [5.74, 6) is -0.319. The molecule has 0 unspecified atom stereocenters. The average molecular weight is 491 g/mol. The molecule has 0 atom stereocenters. The topological polar surface area (TPSA) is 71.1 Å². The van der Waals surface area contributed by atoms with Gasteiger partial charge in [-0.25, -0.2) is 14.0 Å². The zero-order valence-corrected chi connectivity index (χ0v) is 20.4. The van der Waals surface area contributed by atoms with E-state index in [9.17, 15) is 9.59 Å². The van der Waals surface area contributed by atoms with Gasteiger partial charge in [0.1, 0.15) is 24.8 Å². The Bertz CT molecular complexity index is 1290. The first-order chi connectivity index (χ1) is 17.2. The Hall–Kier alpha value is -4.39. The second kappa shape index (κ2) is 11.8. The van der Waals surface area contributed by atoms with Gasteiger partial charge in [0.05, 0.1) is 7.11 Å². The van der Waals surface area contributed by atoms with Gasteiger partial charge in [-0.2, -0.15) is 0 Å². The van der Waals surface area contributed by atoms with Crippen molar-refractivity contribution in [3.63, 3.8) is 0 Å². The smallest absolute Gasteiger partial charge is 0.338 e. The lowest BCUT2D eigenvalue weighted by Gasteiger charge is -2.12. The van der Waals surface area contributed by atoms with Gasteiger partial charge in [-0.15, -0.1) is 0 Å². The minimum Gasteiger partial charge on any atom is -0.493 e. The fourth-order valence-corrected chi connectivity index (χ4v) is 3.20. The van der Waals surface area contributed by atoms with Crippen molar-refractivity contribution in [2.75, 3.05) is 20.3 Å². The lowest BCUT2D eigenvalue weighted by Crippen LogP contribution is -2.12. The molecule has 0 amide bonds. The van der Waals surface area contributed by atoms with Crippen LogP contribution in [0.4, 0.5) is 4.39 Å². The minimum absolute atomic E-state index is 0.113. The maximum absolute atomic E-state index is 15.1. The molecule has 186 valence electrons. The van der Waals surface area contributed by atoms with Crippen LogP contribution >= 0.6 is 0 Å². The largest absolute Gasteiger partial charge is 0.493 e. The summed E-state index contributed by atoms with van der Waals surface area (Å²) in [6.45, 7) is 10.5. The van der Waals surface area contributed by atoms with Crippen molar-refractivity contribution in [1.82, 2.24) is 0 Å². The molecule has 0 aliphatic heterocycles. The number of hydrogen-bond donors (Lipinski definition) is 0. The quantitative estimate of drug-likeness (QED) is 0.147. The van der Waals surface area contributed by atoms with Crippen LogP contribution in [0, 0.1) is 5.82 Å². The van der Waals surface area contributed by atoms with Crippen LogP contribution in [0.25, 0.3) is 22.3 Å². The zero-order valence-electron chi connectivity index (χ0n) is 20.4. The van der Waals surface area contributed by atoms with Crippen LogP contribution in [0.15, 0.2) is 85.0 Å². The SMILES string of the molecule is C=C(C)C(=O)OCCOc1ccc(-c2ccc(-c3ccc(OC(=O)C(=C)C)c(OC)c3)c(F)c2)cc1. The van der Waals surface area contributed by atoms with Crippen LogP contribution in [0.2, 0.25) is 0 Å². The molecule has 0 fully saturated rings. The first kappa shape index (κ1) is 26.2. The highest BCUT2D eigenvalue weighted by molar-refractivity contribution is 5.89. The van der Waals surface area contributed by atoms with E-state index >= 15 is 4.39 Å². The normalized spacial score (nSPS) is 10.3. The molecular weight excluding hydrogens is 463 g/mol. The minimum atomic E-state index is -0.570. The Labute approximate surface area is 209 Å². The second-order valence-corrected chi connectivity index (χ2v) is 8.02. The van der Waals surface area contributed by atoms with Gasteiger partial charge in [0.25, 0.3) is 0 Å². The summed E-state index contributed by atoms with van der Waals surface area (Å²) >= 11 is 0. The number of ether oxygens (including phenoxy) is 4. The van der Waals surface area contributed by atoms with Gasteiger partial charge >= 0.3 is 11.9 Å². The molecule has 7 heteroatoms. The standard InChI is InChI=1S/C29H27FO6/c1-18(2)28(31)35-15-14-34-23-10-6-20(7-11-23)21-8-12-24(25(30)16-21)22-9-13-26(27(17-22)33-5)36-29(32)19(3)4/h6-13,16-17H,1,3,14-15H2,2,4-5H3. The number of esters is 2. The number of halogens is 1. The zero-order chi connectivity index (χ0) is 26.2. The number of hydrogen-bond acceptors (Lipinski definition) is 6. The molecule has 0 bridgehead atoms. The number of rotatable bonds is 10. The van der Waals surface area contributed by atoms with Crippen molar-refractivity contribution in [3.8, 4) is 39.5 Å². The highest BCUT2D eigenvalue weighted by atomic mass is 19.1. The maximum Gasteiger partial charge on any atom is 0.338 e. The summed E-state index contributed by atoms with van der Waals surface area (Å²) in [6.07, 6.45) is 0. The number of benzene rings is 3. The Morgan fingerprint density at radius 2 is 1.42 bits per heavy atom. The van der Waals surface area contributed by atoms with E-state index in [0.29, 0.717) is 33.8 Å². The molecule has 0 aliphatic rings. The molecule has 3 aromatic rings. The molecule has 3 aromatic carbocycles. The lowest BCUT2D eigenvalue weighted by molar-refractivity contribution is -0.139. The fourth-order valence-electron chi connectivity index (χ4n) is 3.20. The number of methoxy groups -OCH3 is 1. The summed E-state index contributed by atoms with van der Waals surface area (Å²) < 4.78 is 36.2. The Balaban J connectivity index is 1.70. The fraction of sp³-hybridized carbons (Fsp3) is 0.172. The third-order valence-electron chi connectivity index (χ3n) is 5.12. The third-order valence-corrected chi connectivity index (χ3v) is 5.12. The van der Waals surface area contributed by atoms with Gasteiger partial charge < -0.3 is 18.9 Å². The van der Waals surface area contributed by atoms with E-state index in [2.05, 4.69) is 13.2 Å². The Kier molecular flexibility index (Phi) is 8.62. The van der Waals surface area contributed by atoms with Crippen molar-refractivity contribution in [2.24, 2.45) is 0 Å². The molecule has 0 aromatic heterocycles. The molecule has 0 heterocycles. The van der Waals surface area contributed by atoms with Crippen LogP contribution in [-0.2, 0) is 14.3 Å². The average Bonchev–Trinajstić information content (AvgIpc) is 2.87. The van der Waals surface area contributed by atoms with E-state index < -0.39 is 17.8 Å². The van der Waals surface area contributed by atoms with E-state index in [1.165, 1.54) is 13.2 Å². The first-order valence-electron chi connectivity index (χ1n) is 11.1. The monoisotopic (exact) mass is 490 g/mol. The van der Waals surface area contributed by atoms with Gasteiger partial charge in [0.2, 0.25) is 0 Å². The summed E-state index contributed by atoms with van der Waals surface area (Å²) in [5, 5.41) is 0. The second-order valence-electron chi connectivity index (χ2n) is 8.02. The lowest BCUT2D eigenvalue weighted by atomic mass is 9.99. The van der Waals surface area contributed by atoms with Crippen molar-refractivity contribution >= 4 is 11.9 Å². The number of carbonyl (C=O) groups excluding carboxylic acids is 2. The van der Waals surface area contributed by atoms with Crippen LogP contribution < -0.4 is 14.2 Å². The van der Waals surface area contributed by atoms with Crippen LogP contribution in [0.1, 0.15) is 13.8 Å². The van der Waals surface area contributed by atoms with E-state index in [1.807, 2.05) is 18.2 Å². The molecule has 3 rings (SSSR count). The van der Waals surface area contributed by atoms with E-state index in [1.54, 1.807) is 50.2 Å². The van der Waals surface area contributed by atoms with Crippen molar-refractivity contribution in [2.45, 2.75) is 13.8 Å². The molecule has 36 heavy (non-hydrogen) atoms. The maximum atomic E-state index is 15.1. The van der Waals surface area contributed by atoms with Crippen LogP contribution in [-0.4, -0.2) is 32.3 Å². The molecule has 0 N–H and O–H groups in total.